The second-order valence-corrected chi connectivity index (χ2v) is 3.79. The molecule has 1 fully saturated rings. The molecular weight excluding hydrogens is 212 g/mol. The van der Waals surface area contributed by atoms with Gasteiger partial charge in [-0.15, -0.1) is 12.4 Å². The van der Waals surface area contributed by atoms with Gasteiger partial charge in [0.25, 0.3) is 0 Å². The van der Waals surface area contributed by atoms with Crippen LogP contribution in [0.4, 0.5) is 0 Å². The largest absolute Gasteiger partial charge is 0.385 e. The molecule has 1 aliphatic heterocycles. The molecule has 94 valence electrons. The Hall–Kier alpha value is 0.170. The smallest absolute Gasteiger partial charge is 0.0462 e. The molecule has 0 aliphatic carbocycles. The summed E-state index contributed by atoms with van der Waals surface area (Å²) in [6.07, 6.45) is 2.45. The molecule has 1 aliphatic rings. The molecule has 1 N–H and O–H groups in total. The first-order valence-electron chi connectivity index (χ1n) is 5.28. The van der Waals surface area contributed by atoms with Gasteiger partial charge >= 0.3 is 0 Å². The Labute approximate surface area is 101 Å². The molecule has 0 unspecified atom stereocenters. The standard InChI is InChI=1S/C10H22N2O.CH4.ClH/c1-10-9-11-5-7-12(10)6-3-4-8-13-2;;/h10-11H,3-9H2,1-2H3;1H4;1H/t10-;;/m1../s1. The summed E-state index contributed by atoms with van der Waals surface area (Å²) in [6, 6.07) is 0.705. The number of halogens is 1. The molecule has 0 aromatic carbocycles. The van der Waals surface area contributed by atoms with Crippen LogP contribution in [-0.2, 0) is 4.74 Å². The minimum Gasteiger partial charge on any atom is -0.385 e. The van der Waals surface area contributed by atoms with Crippen LogP contribution in [0.3, 0.4) is 0 Å². The summed E-state index contributed by atoms with van der Waals surface area (Å²) in [7, 11) is 1.77. The van der Waals surface area contributed by atoms with Crippen molar-refractivity contribution < 1.29 is 4.74 Å². The Balaban J connectivity index is 0. The number of nitrogens with one attached hydrogen (secondary N) is 1. The molecule has 0 bridgehead atoms. The van der Waals surface area contributed by atoms with E-state index in [-0.39, 0.29) is 19.8 Å². The highest BCUT2D eigenvalue weighted by Gasteiger charge is 2.16. The van der Waals surface area contributed by atoms with Crippen molar-refractivity contribution in [3.8, 4) is 0 Å². The minimum absolute atomic E-state index is 0. The Kier molecular flexibility index (Phi) is 12.5. The molecule has 1 heterocycles. The van der Waals surface area contributed by atoms with E-state index < -0.39 is 0 Å². The minimum atomic E-state index is 0. The number of unbranched alkanes of at least 4 members (excludes halogenated alkanes) is 1. The Bertz CT molecular complexity index is 136. The molecule has 0 radical (unpaired) electrons. The lowest BCUT2D eigenvalue weighted by molar-refractivity contribution is 0.154. The SMILES string of the molecule is C.COCCCCN1CCNC[C@H]1C.Cl. The van der Waals surface area contributed by atoms with Crippen molar-refractivity contribution in [3.05, 3.63) is 0 Å². The normalized spacial score (nSPS) is 21.6. The van der Waals surface area contributed by atoms with Crippen molar-refractivity contribution in [3.63, 3.8) is 0 Å². The van der Waals surface area contributed by atoms with E-state index in [1.807, 2.05) is 0 Å². The van der Waals surface area contributed by atoms with Crippen LogP contribution in [0, 0.1) is 0 Å². The number of nitrogens with zero attached hydrogens (tertiary/aromatic N) is 1. The first kappa shape index (κ1) is 17.6. The number of methoxy groups -OCH3 is 1. The van der Waals surface area contributed by atoms with Gasteiger partial charge in [-0.05, 0) is 26.3 Å². The number of hydrogen-bond acceptors (Lipinski definition) is 3. The lowest BCUT2D eigenvalue weighted by atomic mass is 10.2. The third-order valence-corrected chi connectivity index (χ3v) is 2.68. The van der Waals surface area contributed by atoms with Crippen molar-refractivity contribution in [1.82, 2.24) is 10.2 Å². The Morgan fingerprint density at radius 2 is 2.13 bits per heavy atom. The highest BCUT2D eigenvalue weighted by molar-refractivity contribution is 5.85. The summed E-state index contributed by atoms with van der Waals surface area (Å²) in [5.74, 6) is 0. The third-order valence-electron chi connectivity index (χ3n) is 2.68. The maximum atomic E-state index is 5.03. The van der Waals surface area contributed by atoms with Crippen LogP contribution < -0.4 is 5.32 Å². The quantitative estimate of drug-likeness (QED) is 0.739. The van der Waals surface area contributed by atoms with E-state index in [0.29, 0.717) is 6.04 Å². The predicted molar refractivity (Wildman–Crippen MR) is 69.0 cm³/mol. The van der Waals surface area contributed by atoms with Crippen molar-refractivity contribution >= 4 is 12.4 Å². The van der Waals surface area contributed by atoms with Gasteiger partial charge in [-0.2, -0.15) is 0 Å². The average molecular weight is 239 g/mol. The fourth-order valence-corrected chi connectivity index (χ4v) is 1.78. The van der Waals surface area contributed by atoms with Crippen LogP contribution in [0.2, 0.25) is 0 Å². The number of ether oxygens (including phenoxy) is 1. The summed E-state index contributed by atoms with van der Waals surface area (Å²) in [5.41, 5.74) is 0. The highest BCUT2D eigenvalue weighted by atomic mass is 35.5. The summed E-state index contributed by atoms with van der Waals surface area (Å²) in [6.45, 7) is 7.92. The molecule has 0 aromatic heterocycles. The molecular formula is C11H27ClN2O. The number of hydrogen-bond donors (Lipinski definition) is 1. The molecule has 15 heavy (non-hydrogen) atoms. The van der Waals surface area contributed by atoms with Gasteiger partial charge in [0.05, 0.1) is 0 Å². The molecule has 4 heteroatoms. The van der Waals surface area contributed by atoms with Crippen molar-refractivity contribution in [2.24, 2.45) is 0 Å². The van der Waals surface area contributed by atoms with Gasteiger partial charge < -0.3 is 10.1 Å². The van der Waals surface area contributed by atoms with Crippen LogP contribution in [0.15, 0.2) is 0 Å². The zero-order chi connectivity index (χ0) is 9.52. The summed E-state index contributed by atoms with van der Waals surface area (Å²) in [5, 5.41) is 3.40. The zero-order valence-corrected chi connectivity index (χ0v) is 10.1. The monoisotopic (exact) mass is 238 g/mol. The summed E-state index contributed by atoms with van der Waals surface area (Å²) in [4.78, 5) is 2.56. The molecule has 0 spiro atoms. The fourth-order valence-electron chi connectivity index (χ4n) is 1.78. The van der Waals surface area contributed by atoms with E-state index >= 15 is 0 Å². The van der Waals surface area contributed by atoms with Gasteiger partial charge in [-0.25, -0.2) is 0 Å². The van der Waals surface area contributed by atoms with Crippen LogP contribution >= 0.6 is 12.4 Å². The Morgan fingerprint density at radius 1 is 1.40 bits per heavy atom. The van der Waals surface area contributed by atoms with Crippen LogP contribution in [-0.4, -0.2) is 50.8 Å². The number of rotatable bonds is 5. The van der Waals surface area contributed by atoms with Crippen molar-refractivity contribution in [2.45, 2.75) is 33.2 Å². The molecule has 1 rings (SSSR count). The second-order valence-electron chi connectivity index (χ2n) is 3.79. The Morgan fingerprint density at radius 3 is 2.73 bits per heavy atom. The van der Waals surface area contributed by atoms with Gasteiger partial charge in [-0.3, -0.25) is 4.90 Å². The predicted octanol–water partition coefficient (Wildman–Crippen LogP) is 1.76. The van der Waals surface area contributed by atoms with Crippen LogP contribution in [0.5, 0.6) is 0 Å². The van der Waals surface area contributed by atoms with E-state index in [2.05, 4.69) is 17.1 Å². The van der Waals surface area contributed by atoms with Crippen LogP contribution in [0.25, 0.3) is 0 Å². The zero-order valence-electron chi connectivity index (χ0n) is 9.29. The molecule has 3 nitrogen and oxygen atoms in total. The van der Waals surface area contributed by atoms with E-state index in [1.165, 1.54) is 25.9 Å². The van der Waals surface area contributed by atoms with Crippen LogP contribution in [0.1, 0.15) is 27.2 Å². The van der Waals surface area contributed by atoms with E-state index in [0.717, 1.165) is 19.7 Å². The lowest BCUT2D eigenvalue weighted by Crippen LogP contribution is -2.49. The van der Waals surface area contributed by atoms with E-state index in [1.54, 1.807) is 7.11 Å². The number of piperazine rings is 1. The molecule has 0 saturated carbocycles. The summed E-state index contributed by atoms with van der Waals surface area (Å²) >= 11 is 0. The van der Waals surface area contributed by atoms with Gasteiger partial charge in [0, 0.05) is 39.4 Å². The van der Waals surface area contributed by atoms with Crippen molar-refractivity contribution in [2.75, 3.05) is 39.9 Å². The second kappa shape index (κ2) is 10.7. The van der Waals surface area contributed by atoms with Gasteiger partial charge in [-0.1, -0.05) is 7.43 Å². The molecule has 1 atom stereocenters. The average Bonchev–Trinajstić information content (AvgIpc) is 2.15. The first-order chi connectivity index (χ1) is 6.34. The summed E-state index contributed by atoms with van der Waals surface area (Å²) < 4.78 is 5.03. The molecule has 0 amide bonds. The van der Waals surface area contributed by atoms with Gasteiger partial charge in [0.15, 0.2) is 0 Å². The van der Waals surface area contributed by atoms with E-state index in [9.17, 15) is 0 Å². The van der Waals surface area contributed by atoms with Gasteiger partial charge in [0.1, 0.15) is 0 Å². The van der Waals surface area contributed by atoms with Gasteiger partial charge in [0.2, 0.25) is 0 Å². The maximum Gasteiger partial charge on any atom is 0.0462 e. The van der Waals surface area contributed by atoms with Crippen molar-refractivity contribution in [1.29, 1.82) is 0 Å². The first-order valence-corrected chi connectivity index (χ1v) is 5.28. The highest BCUT2D eigenvalue weighted by Crippen LogP contribution is 2.04. The van der Waals surface area contributed by atoms with E-state index in [4.69, 9.17) is 4.74 Å². The molecule has 1 saturated heterocycles. The fraction of sp³-hybridized carbons (Fsp3) is 1.00. The third kappa shape index (κ3) is 7.12. The maximum absolute atomic E-state index is 5.03. The lowest BCUT2D eigenvalue weighted by Gasteiger charge is -2.33. The topological polar surface area (TPSA) is 24.5 Å². The molecule has 0 aromatic rings.